The number of aliphatic hydroxyl groups is 1. The number of piperidine rings is 1. The lowest BCUT2D eigenvalue weighted by Crippen LogP contribution is -2.47. The Morgan fingerprint density at radius 2 is 2.35 bits per heavy atom. The fourth-order valence-corrected chi connectivity index (χ4v) is 2.90. The van der Waals surface area contributed by atoms with E-state index < -0.39 is 6.10 Å². The molecule has 1 aromatic carbocycles. The molecule has 1 aromatic rings. The number of likely N-dealkylation sites (tertiary alicyclic amines) is 1. The average molecular weight is 363 g/mol. The van der Waals surface area contributed by atoms with Gasteiger partial charge in [0.1, 0.15) is 5.75 Å². The van der Waals surface area contributed by atoms with Crippen LogP contribution in [0.3, 0.4) is 0 Å². The molecule has 1 aliphatic heterocycles. The molecule has 1 saturated heterocycles. The third-order valence-electron chi connectivity index (χ3n) is 3.52. The highest BCUT2D eigenvalue weighted by atomic mass is 79.9. The van der Waals surface area contributed by atoms with E-state index in [0.29, 0.717) is 28.3 Å². The van der Waals surface area contributed by atoms with Crippen LogP contribution in [0.2, 0.25) is 5.02 Å². The van der Waals surface area contributed by atoms with Gasteiger partial charge in [-0.15, -0.1) is 0 Å². The van der Waals surface area contributed by atoms with Crippen LogP contribution in [0, 0.1) is 5.92 Å². The molecule has 0 aliphatic carbocycles. The van der Waals surface area contributed by atoms with Crippen LogP contribution in [0.25, 0.3) is 0 Å². The van der Waals surface area contributed by atoms with Gasteiger partial charge in [0.05, 0.1) is 10.6 Å². The van der Waals surface area contributed by atoms with Crippen LogP contribution >= 0.6 is 27.5 Å². The molecular formula is C14H17BrClNO3. The summed E-state index contributed by atoms with van der Waals surface area (Å²) in [6.07, 6.45) is 0.368. The van der Waals surface area contributed by atoms with Crippen molar-refractivity contribution < 1.29 is 14.6 Å². The van der Waals surface area contributed by atoms with Crippen LogP contribution in [0.15, 0.2) is 22.7 Å². The molecule has 0 saturated carbocycles. The number of ether oxygens (including phenoxy) is 1. The second-order valence-corrected chi connectivity index (χ2v) is 6.33. The lowest BCUT2D eigenvalue weighted by molar-refractivity contribution is -0.137. The lowest BCUT2D eigenvalue weighted by Gasteiger charge is -2.34. The van der Waals surface area contributed by atoms with E-state index in [9.17, 15) is 9.90 Å². The van der Waals surface area contributed by atoms with E-state index in [1.807, 2.05) is 6.92 Å². The molecule has 2 atom stereocenters. The van der Waals surface area contributed by atoms with Gasteiger partial charge in [0.25, 0.3) is 5.91 Å². The summed E-state index contributed by atoms with van der Waals surface area (Å²) >= 11 is 9.18. The SMILES string of the molecule is CC1CCN(C(=O)COc2ccc(Cl)cc2Br)CC1O. The Balaban J connectivity index is 1.89. The minimum Gasteiger partial charge on any atom is -0.483 e. The molecule has 0 radical (unpaired) electrons. The second-order valence-electron chi connectivity index (χ2n) is 5.04. The average Bonchev–Trinajstić information content (AvgIpc) is 2.40. The molecule has 20 heavy (non-hydrogen) atoms. The number of nitrogens with zero attached hydrogens (tertiary/aromatic N) is 1. The maximum absolute atomic E-state index is 12.1. The number of benzene rings is 1. The van der Waals surface area contributed by atoms with Crippen molar-refractivity contribution >= 4 is 33.4 Å². The topological polar surface area (TPSA) is 49.8 Å². The smallest absolute Gasteiger partial charge is 0.260 e. The molecule has 0 aromatic heterocycles. The van der Waals surface area contributed by atoms with Gasteiger partial charge in [-0.05, 0) is 46.5 Å². The molecule has 1 N–H and O–H groups in total. The quantitative estimate of drug-likeness (QED) is 0.899. The highest BCUT2D eigenvalue weighted by molar-refractivity contribution is 9.10. The molecular weight excluding hydrogens is 346 g/mol. The molecule has 6 heteroatoms. The molecule has 1 heterocycles. The van der Waals surface area contributed by atoms with Gasteiger partial charge in [-0.2, -0.15) is 0 Å². The molecule has 2 rings (SSSR count). The van der Waals surface area contributed by atoms with Crippen LogP contribution in [0.4, 0.5) is 0 Å². The summed E-state index contributed by atoms with van der Waals surface area (Å²) in [6.45, 7) is 3.00. The number of aliphatic hydroxyl groups excluding tert-OH is 1. The number of amides is 1. The zero-order valence-electron chi connectivity index (χ0n) is 11.2. The van der Waals surface area contributed by atoms with Gasteiger partial charge in [0.15, 0.2) is 6.61 Å². The number of carbonyl (C=O) groups excluding carboxylic acids is 1. The van der Waals surface area contributed by atoms with E-state index in [2.05, 4.69) is 15.9 Å². The zero-order valence-corrected chi connectivity index (χ0v) is 13.5. The van der Waals surface area contributed by atoms with Gasteiger partial charge >= 0.3 is 0 Å². The Labute approximate surface area is 131 Å². The number of hydrogen-bond donors (Lipinski definition) is 1. The van der Waals surface area contributed by atoms with Gasteiger partial charge in [0.2, 0.25) is 0 Å². The van der Waals surface area contributed by atoms with Crippen LogP contribution in [0.5, 0.6) is 5.75 Å². The Kier molecular flexibility index (Phi) is 5.29. The van der Waals surface area contributed by atoms with E-state index >= 15 is 0 Å². The van der Waals surface area contributed by atoms with Crippen LogP contribution in [-0.4, -0.2) is 41.7 Å². The first kappa shape index (κ1) is 15.6. The fraction of sp³-hybridized carbons (Fsp3) is 0.500. The summed E-state index contributed by atoms with van der Waals surface area (Å²) in [5, 5.41) is 10.4. The molecule has 0 spiro atoms. The first-order valence-corrected chi connectivity index (χ1v) is 7.68. The summed E-state index contributed by atoms with van der Waals surface area (Å²) in [6, 6.07) is 5.14. The number of rotatable bonds is 3. The van der Waals surface area contributed by atoms with E-state index in [1.54, 1.807) is 23.1 Å². The van der Waals surface area contributed by atoms with Gasteiger partial charge in [-0.1, -0.05) is 18.5 Å². The number of β-amino-alcohol motifs (C(OH)–C–C–N with tert-alkyl or cyclic N) is 1. The van der Waals surface area contributed by atoms with Crippen molar-refractivity contribution in [1.82, 2.24) is 4.90 Å². The standard InChI is InChI=1S/C14H17BrClNO3/c1-9-4-5-17(7-12(9)18)14(19)8-20-13-3-2-10(16)6-11(13)15/h2-3,6,9,12,18H,4-5,7-8H2,1H3. The van der Waals surface area contributed by atoms with Crippen molar-refractivity contribution in [3.8, 4) is 5.75 Å². The predicted octanol–water partition coefficient (Wildman–Crippen LogP) is 2.71. The normalized spacial score (nSPS) is 22.7. The molecule has 1 fully saturated rings. The summed E-state index contributed by atoms with van der Waals surface area (Å²) in [5.74, 6) is 0.705. The second kappa shape index (κ2) is 6.78. The predicted molar refractivity (Wildman–Crippen MR) is 81.0 cm³/mol. The van der Waals surface area contributed by atoms with Gasteiger partial charge in [-0.3, -0.25) is 4.79 Å². The maximum atomic E-state index is 12.1. The van der Waals surface area contributed by atoms with Crippen molar-refractivity contribution in [2.24, 2.45) is 5.92 Å². The Hall–Kier alpha value is -0.780. The van der Waals surface area contributed by atoms with E-state index in [1.165, 1.54) is 0 Å². The molecule has 110 valence electrons. The maximum Gasteiger partial charge on any atom is 0.260 e. The third-order valence-corrected chi connectivity index (χ3v) is 4.37. The molecule has 1 amide bonds. The molecule has 1 aliphatic rings. The van der Waals surface area contributed by atoms with E-state index in [-0.39, 0.29) is 18.4 Å². The van der Waals surface area contributed by atoms with Gasteiger partial charge in [-0.25, -0.2) is 0 Å². The number of hydrogen-bond acceptors (Lipinski definition) is 3. The van der Waals surface area contributed by atoms with E-state index in [4.69, 9.17) is 16.3 Å². The summed E-state index contributed by atoms with van der Waals surface area (Å²) in [4.78, 5) is 13.7. The summed E-state index contributed by atoms with van der Waals surface area (Å²) < 4.78 is 6.20. The Bertz CT molecular complexity index is 497. The molecule has 2 unspecified atom stereocenters. The van der Waals surface area contributed by atoms with Crippen molar-refractivity contribution in [3.05, 3.63) is 27.7 Å². The van der Waals surface area contributed by atoms with Crippen LogP contribution in [-0.2, 0) is 4.79 Å². The lowest BCUT2D eigenvalue weighted by atomic mass is 9.96. The summed E-state index contributed by atoms with van der Waals surface area (Å²) in [5.41, 5.74) is 0. The van der Waals surface area contributed by atoms with Crippen molar-refractivity contribution in [1.29, 1.82) is 0 Å². The van der Waals surface area contributed by atoms with Crippen molar-refractivity contribution in [2.45, 2.75) is 19.4 Å². The highest BCUT2D eigenvalue weighted by Gasteiger charge is 2.27. The highest BCUT2D eigenvalue weighted by Crippen LogP contribution is 2.28. The fourth-order valence-electron chi connectivity index (χ4n) is 2.10. The Morgan fingerprint density at radius 3 is 3.00 bits per heavy atom. The first-order valence-electron chi connectivity index (χ1n) is 6.51. The number of halogens is 2. The van der Waals surface area contributed by atoms with Crippen LogP contribution in [0.1, 0.15) is 13.3 Å². The van der Waals surface area contributed by atoms with E-state index in [0.717, 1.165) is 6.42 Å². The Morgan fingerprint density at radius 1 is 1.60 bits per heavy atom. The monoisotopic (exact) mass is 361 g/mol. The van der Waals surface area contributed by atoms with Crippen molar-refractivity contribution in [2.75, 3.05) is 19.7 Å². The molecule has 4 nitrogen and oxygen atoms in total. The number of carbonyl (C=O) groups is 1. The zero-order chi connectivity index (χ0) is 14.7. The van der Waals surface area contributed by atoms with Gasteiger partial charge < -0.3 is 14.7 Å². The molecule has 0 bridgehead atoms. The van der Waals surface area contributed by atoms with Gasteiger partial charge in [0, 0.05) is 18.1 Å². The third kappa shape index (κ3) is 3.87. The minimum atomic E-state index is -0.449. The summed E-state index contributed by atoms with van der Waals surface area (Å²) in [7, 11) is 0. The first-order chi connectivity index (χ1) is 9.47. The largest absolute Gasteiger partial charge is 0.483 e. The minimum absolute atomic E-state index is 0.0403. The van der Waals surface area contributed by atoms with Crippen molar-refractivity contribution in [3.63, 3.8) is 0 Å². The van der Waals surface area contributed by atoms with Crippen LogP contribution < -0.4 is 4.74 Å².